The maximum atomic E-state index is 5.32. The molecular weight excluding hydrogens is 242 g/mol. The summed E-state index contributed by atoms with van der Waals surface area (Å²) in [5, 5.41) is 0. The Morgan fingerprint density at radius 3 is 3.00 bits per heavy atom. The van der Waals surface area contributed by atoms with Gasteiger partial charge in [0.15, 0.2) is 0 Å². The summed E-state index contributed by atoms with van der Waals surface area (Å²) in [4.78, 5) is 4.99. The lowest BCUT2D eigenvalue weighted by Gasteiger charge is -2.15. The first-order valence-corrected chi connectivity index (χ1v) is 5.87. The van der Waals surface area contributed by atoms with Crippen LogP contribution in [0.4, 0.5) is 0 Å². The fourth-order valence-electron chi connectivity index (χ4n) is 2.08. The lowest BCUT2D eigenvalue weighted by molar-refractivity contribution is 0.402. The van der Waals surface area contributed by atoms with Crippen LogP contribution in [0.25, 0.3) is 0 Å². The van der Waals surface area contributed by atoms with Crippen LogP contribution in [0.3, 0.4) is 0 Å². The smallest absolute Gasteiger partial charge is 0.140 e. The van der Waals surface area contributed by atoms with Crippen LogP contribution in [0, 0.1) is 0 Å². The Morgan fingerprint density at radius 1 is 1.50 bits per heavy atom. The van der Waals surface area contributed by atoms with Crippen molar-refractivity contribution in [2.75, 3.05) is 7.11 Å². The summed E-state index contributed by atoms with van der Waals surface area (Å²) in [5.41, 5.74) is 1.11. The largest absolute Gasteiger partial charge is 0.495 e. The van der Waals surface area contributed by atoms with Crippen molar-refractivity contribution in [2.24, 2.45) is 0 Å². The van der Waals surface area contributed by atoms with Crippen LogP contribution in [0.1, 0.15) is 30.9 Å². The minimum atomic E-state index is 0.520. The number of ether oxygens (including phenoxy) is 1. The Labute approximate surface area is 92.8 Å². The van der Waals surface area contributed by atoms with Gasteiger partial charge >= 0.3 is 0 Å². The number of hydrogen-bond acceptors (Lipinski definition) is 2. The monoisotopic (exact) mass is 255 g/mol. The minimum Gasteiger partial charge on any atom is -0.495 e. The summed E-state index contributed by atoms with van der Waals surface area (Å²) in [6.45, 7) is 0. The van der Waals surface area contributed by atoms with Gasteiger partial charge in [-0.1, -0.05) is 22.4 Å². The summed E-state index contributed by atoms with van der Waals surface area (Å²) < 4.78 is 5.32. The number of methoxy groups -OCH3 is 1. The second-order valence-corrected chi connectivity index (χ2v) is 4.82. The molecule has 1 saturated carbocycles. The van der Waals surface area contributed by atoms with Crippen molar-refractivity contribution in [2.45, 2.75) is 30.0 Å². The molecule has 1 aromatic rings. The molecule has 2 unspecified atom stereocenters. The van der Waals surface area contributed by atoms with E-state index in [-0.39, 0.29) is 0 Å². The van der Waals surface area contributed by atoms with Gasteiger partial charge in [-0.15, -0.1) is 0 Å². The highest BCUT2D eigenvalue weighted by atomic mass is 79.9. The molecule has 0 bridgehead atoms. The fraction of sp³-hybridized carbons (Fsp3) is 0.545. The first-order valence-electron chi connectivity index (χ1n) is 4.96. The van der Waals surface area contributed by atoms with Crippen molar-refractivity contribution >= 4 is 15.9 Å². The molecule has 3 heteroatoms. The normalized spacial score (nSPS) is 26.4. The third kappa shape index (κ3) is 1.78. The topological polar surface area (TPSA) is 22.1 Å². The van der Waals surface area contributed by atoms with Crippen LogP contribution in [0.2, 0.25) is 0 Å². The van der Waals surface area contributed by atoms with Gasteiger partial charge in [-0.05, 0) is 25.0 Å². The molecule has 0 aromatic carbocycles. The molecule has 0 N–H and O–H groups in total. The average molecular weight is 256 g/mol. The molecule has 0 radical (unpaired) electrons. The van der Waals surface area contributed by atoms with Gasteiger partial charge in [0.2, 0.25) is 0 Å². The van der Waals surface area contributed by atoms with Crippen LogP contribution < -0.4 is 4.74 Å². The summed E-state index contributed by atoms with van der Waals surface area (Å²) in [6.07, 6.45) is 5.57. The Hall–Kier alpha value is -0.570. The zero-order valence-electron chi connectivity index (χ0n) is 8.24. The molecule has 2 atom stereocenters. The molecule has 2 rings (SSSR count). The van der Waals surface area contributed by atoms with Crippen LogP contribution >= 0.6 is 15.9 Å². The lowest BCUT2D eigenvalue weighted by Crippen LogP contribution is -2.08. The van der Waals surface area contributed by atoms with Gasteiger partial charge in [-0.25, -0.2) is 0 Å². The van der Waals surface area contributed by atoms with Gasteiger partial charge in [0.05, 0.1) is 12.8 Å². The third-order valence-electron chi connectivity index (χ3n) is 2.80. The number of alkyl halides is 1. The molecule has 0 spiro atoms. The number of pyridine rings is 1. The Kier molecular flexibility index (Phi) is 3.06. The van der Waals surface area contributed by atoms with E-state index < -0.39 is 0 Å². The van der Waals surface area contributed by atoms with Crippen molar-refractivity contribution in [1.29, 1.82) is 0 Å². The van der Waals surface area contributed by atoms with E-state index >= 15 is 0 Å². The molecule has 76 valence electrons. The standard InChI is InChI=1S/C11H14BrNO/c1-14-10-6-3-7-13-11(10)8-4-2-5-9(8)12/h3,6-9H,2,4-5H2,1H3. The molecular formula is C11H14BrNO. The highest BCUT2D eigenvalue weighted by molar-refractivity contribution is 9.09. The third-order valence-corrected chi connectivity index (χ3v) is 3.90. The number of hydrogen-bond donors (Lipinski definition) is 0. The zero-order chi connectivity index (χ0) is 9.97. The molecule has 0 saturated heterocycles. The maximum absolute atomic E-state index is 5.32. The Balaban J connectivity index is 2.30. The van der Waals surface area contributed by atoms with E-state index in [4.69, 9.17) is 4.74 Å². The Bertz CT molecular complexity index is 316. The minimum absolute atomic E-state index is 0.520. The summed E-state index contributed by atoms with van der Waals surface area (Å²) in [6, 6.07) is 3.90. The van der Waals surface area contributed by atoms with Gasteiger partial charge in [-0.3, -0.25) is 4.98 Å². The van der Waals surface area contributed by atoms with E-state index in [9.17, 15) is 0 Å². The van der Waals surface area contributed by atoms with E-state index in [0.717, 1.165) is 11.4 Å². The quantitative estimate of drug-likeness (QED) is 0.758. The van der Waals surface area contributed by atoms with Crippen molar-refractivity contribution < 1.29 is 4.74 Å². The second kappa shape index (κ2) is 4.30. The molecule has 1 aromatic heterocycles. The van der Waals surface area contributed by atoms with Gasteiger partial charge in [0.1, 0.15) is 5.75 Å². The molecule has 1 aliphatic rings. The molecule has 0 aliphatic heterocycles. The second-order valence-electron chi connectivity index (χ2n) is 3.64. The average Bonchev–Trinajstić information content (AvgIpc) is 2.64. The molecule has 1 fully saturated rings. The number of nitrogens with zero attached hydrogens (tertiary/aromatic N) is 1. The SMILES string of the molecule is COc1cccnc1C1CCCC1Br. The van der Waals surface area contributed by atoms with Crippen LogP contribution in [-0.2, 0) is 0 Å². The predicted molar refractivity (Wildman–Crippen MR) is 60.1 cm³/mol. The van der Waals surface area contributed by atoms with Crippen LogP contribution in [0.15, 0.2) is 18.3 Å². The van der Waals surface area contributed by atoms with E-state index in [1.165, 1.54) is 19.3 Å². The summed E-state index contributed by atoms with van der Waals surface area (Å²) in [7, 11) is 1.71. The first kappa shape index (κ1) is 9.97. The maximum Gasteiger partial charge on any atom is 0.140 e. The van der Waals surface area contributed by atoms with Gasteiger partial charge in [0.25, 0.3) is 0 Å². The Morgan fingerprint density at radius 2 is 2.36 bits per heavy atom. The van der Waals surface area contributed by atoms with Gasteiger partial charge in [0, 0.05) is 16.9 Å². The van der Waals surface area contributed by atoms with E-state index in [2.05, 4.69) is 20.9 Å². The predicted octanol–water partition coefficient (Wildman–Crippen LogP) is 3.12. The zero-order valence-corrected chi connectivity index (χ0v) is 9.83. The number of halogens is 1. The van der Waals surface area contributed by atoms with Gasteiger partial charge < -0.3 is 4.74 Å². The summed E-state index contributed by atoms with van der Waals surface area (Å²) >= 11 is 3.71. The molecule has 0 amide bonds. The van der Waals surface area contributed by atoms with Crippen LogP contribution in [-0.4, -0.2) is 16.9 Å². The highest BCUT2D eigenvalue weighted by Gasteiger charge is 2.29. The molecule has 1 heterocycles. The van der Waals surface area contributed by atoms with Crippen LogP contribution in [0.5, 0.6) is 5.75 Å². The van der Waals surface area contributed by atoms with Crippen molar-refractivity contribution in [3.8, 4) is 5.75 Å². The number of aromatic nitrogens is 1. The first-order chi connectivity index (χ1) is 6.83. The van der Waals surface area contributed by atoms with Crippen molar-refractivity contribution in [1.82, 2.24) is 4.98 Å². The fourth-order valence-corrected chi connectivity index (χ4v) is 2.92. The number of rotatable bonds is 2. The van der Waals surface area contributed by atoms with Gasteiger partial charge in [-0.2, -0.15) is 0 Å². The van der Waals surface area contributed by atoms with Crippen molar-refractivity contribution in [3.05, 3.63) is 24.0 Å². The lowest BCUT2D eigenvalue weighted by atomic mass is 10.0. The van der Waals surface area contributed by atoms with E-state index in [1.807, 2.05) is 18.3 Å². The molecule has 1 aliphatic carbocycles. The van der Waals surface area contributed by atoms with E-state index in [1.54, 1.807) is 7.11 Å². The summed E-state index contributed by atoms with van der Waals surface area (Å²) in [5.74, 6) is 1.44. The van der Waals surface area contributed by atoms with E-state index in [0.29, 0.717) is 10.7 Å². The molecule has 2 nitrogen and oxygen atoms in total. The van der Waals surface area contributed by atoms with Crippen molar-refractivity contribution in [3.63, 3.8) is 0 Å². The molecule has 14 heavy (non-hydrogen) atoms. The highest BCUT2D eigenvalue weighted by Crippen LogP contribution is 2.41.